The van der Waals surface area contributed by atoms with Gasteiger partial charge in [0.05, 0.1) is 23.4 Å². The van der Waals surface area contributed by atoms with E-state index >= 15 is 0 Å². The number of carbonyl (C=O) groups is 4. The van der Waals surface area contributed by atoms with Crippen LogP contribution in [0, 0.1) is 17.8 Å². The normalized spacial score (nSPS) is 25.5. The number of benzene rings is 2. The Morgan fingerprint density at radius 2 is 1.76 bits per heavy atom. The Kier molecular flexibility index (Phi) is 6.72. The van der Waals surface area contributed by atoms with Crippen molar-refractivity contribution in [2.45, 2.75) is 32.1 Å². The molecule has 3 aliphatic carbocycles. The first-order valence-electron chi connectivity index (χ1n) is 13.5. The van der Waals surface area contributed by atoms with Crippen LogP contribution in [0.2, 0.25) is 0 Å². The lowest BCUT2D eigenvalue weighted by atomic mass is 9.59. The molecule has 1 saturated heterocycles. The Morgan fingerprint density at radius 3 is 2.46 bits per heavy atom. The van der Waals surface area contributed by atoms with E-state index < -0.39 is 23.7 Å². The number of ketones is 2. The van der Waals surface area contributed by atoms with Crippen molar-refractivity contribution in [3.63, 3.8) is 0 Å². The lowest BCUT2D eigenvalue weighted by Gasteiger charge is -2.42. The van der Waals surface area contributed by atoms with Gasteiger partial charge in [-0.2, -0.15) is 0 Å². The second-order valence-corrected chi connectivity index (χ2v) is 11.9. The van der Waals surface area contributed by atoms with Gasteiger partial charge in [-0.3, -0.25) is 24.1 Å². The number of phenolic OH excluding ortho intramolecular Hbond substituents is 2. The Bertz CT molecular complexity index is 1620. The second kappa shape index (κ2) is 10.1. The van der Waals surface area contributed by atoms with E-state index in [0.29, 0.717) is 39.6 Å². The number of phenols is 2. The number of halogens is 1. The van der Waals surface area contributed by atoms with E-state index in [0.717, 1.165) is 11.1 Å². The van der Waals surface area contributed by atoms with E-state index in [9.17, 15) is 29.4 Å². The summed E-state index contributed by atoms with van der Waals surface area (Å²) in [7, 11) is 1.43. The fraction of sp³-hybridized carbons (Fsp3) is 0.312. The first-order chi connectivity index (χ1) is 19.6. The van der Waals surface area contributed by atoms with Crippen molar-refractivity contribution in [3.05, 3.63) is 86.4 Å². The highest BCUT2D eigenvalue weighted by molar-refractivity contribution is 9.10. The van der Waals surface area contributed by atoms with Crippen LogP contribution in [0.3, 0.4) is 0 Å². The molecule has 0 radical (unpaired) electrons. The number of ether oxygens (including phenoxy) is 1. The maximum atomic E-state index is 13.9. The fourth-order valence-electron chi connectivity index (χ4n) is 6.87. The lowest BCUT2D eigenvalue weighted by molar-refractivity contribution is -0.140. The van der Waals surface area contributed by atoms with Crippen molar-refractivity contribution in [2.24, 2.45) is 17.8 Å². The summed E-state index contributed by atoms with van der Waals surface area (Å²) in [5, 5.41) is 20.0. The Balaban J connectivity index is 1.40. The largest absolute Gasteiger partial charge is 0.508 e. The number of carbonyl (C=O) groups excluding carboxylic acids is 4. The molecule has 0 aromatic heterocycles. The van der Waals surface area contributed by atoms with Crippen LogP contribution in [-0.2, 0) is 25.6 Å². The summed E-state index contributed by atoms with van der Waals surface area (Å²) in [6.07, 6.45) is 4.34. The molecule has 1 aliphatic heterocycles. The minimum Gasteiger partial charge on any atom is -0.508 e. The molecule has 2 N–H and O–H groups in total. The quantitative estimate of drug-likeness (QED) is 0.287. The van der Waals surface area contributed by atoms with Crippen LogP contribution in [0.1, 0.15) is 36.8 Å². The van der Waals surface area contributed by atoms with Crippen molar-refractivity contribution in [3.8, 4) is 17.2 Å². The molecule has 41 heavy (non-hydrogen) atoms. The standard InChI is InChI=1S/C32H28BrNO7/c1-15-11-24(36)28-22(29(15)37)14-21-19(26(28)17-12-23(33)30(38)25(13-17)41-2)7-8-20-27(21)32(40)34(31(20)39)10-9-16-3-5-18(35)6-4-16/h3-7,11-13,20-21,26-27,35,38H,8-10,14H2,1-2H3. The SMILES string of the molecule is COc1cc(C2C3=CCC4C(=O)N(CCc5ccc(O)cc5)C(=O)C4C3CC3=C2C(=O)C=C(C)C3=O)cc(Br)c1O. The average molecular weight is 618 g/mol. The molecular weight excluding hydrogens is 590 g/mol. The lowest BCUT2D eigenvalue weighted by Crippen LogP contribution is -2.40. The summed E-state index contributed by atoms with van der Waals surface area (Å²) in [5.74, 6) is -2.94. The van der Waals surface area contributed by atoms with Crippen LogP contribution in [0.25, 0.3) is 0 Å². The number of hydrogen-bond acceptors (Lipinski definition) is 7. The number of imide groups is 1. The summed E-state index contributed by atoms with van der Waals surface area (Å²) in [6.45, 7) is 1.83. The molecule has 0 bridgehead atoms. The van der Waals surface area contributed by atoms with Gasteiger partial charge in [0, 0.05) is 29.2 Å². The van der Waals surface area contributed by atoms with Crippen LogP contribution in [0.15, 0.2) is 75.3 Å². The number of rotatable bonds is 5. The van der Waals surface area contributed by atoms with Crippen molar-refractivity contribution in [1.29, 1.82) is 0 Å². The van der Waals surface area contributed by atoms with E-state index in [1.165, 1.54) is 18.1 Å². The molecule has 4 aliphatic rings. The fourth-order valence-corrected chi connectivity index (χ4v) is 7.33. The zero-order valence-corrected chi connectivity index (χ0v) is 24.1. The Hall–Kier alpha value is -3.98. The van der Waals surface area contributed by atoms with E-state index in [2.05, 4.69) is 15.9 Å². The summed E-state index contributed by atoms with van der Waals surface area (Å²) in [6, 6.07) is 10.0. The third-order valence-corrected chi connectivity index (χ3v) is 9.42. The van der Waals surface area contributed by atoms with Crippen molar-refractivity contribution in [1.82, 2.24) is 4.90 Å². The predicted molar refractivity (Wildman–Crippen MR) is 152 cm³/mol. The summed E-state index contributed by atoms with van der Waals surface area (Å²) in [5.41, 5.74) is 3.48. The number of likely N-dealkylation sites (tertiary alicyclic amines) is 1. The van der Waals surface area contributed by atoms with Gasteiger partial charge in [-0.1, -0.05) is 23.8 Å². The van der Waals surface area contributed by atoms with Gasteiger partial charge in [-0.25, -0.2) is 0 Å². The number of aromatic hydroxyl groups is 2. The van der Waals surface area contributed by atoms with Crippen LogP contribution in [-0.4, -0.2) is 52.1 Å². The third-order valence-electron chi connectivity index (χ3n) is 8.82. The molecule has 2 amide bonds. The second-order valence-electron chi connectivity index (χ2n) is 11.0. The van der Waals surface area contributed by atoms with Gasteiger partial charge in [0.2, 0.25) is 11.8 Å². The minimum absolute atomic E-state index is 0.0851. The van der Waals surface area contributed by atoms with E-state index in [4.69, 9.17) is 4.74 Å². The molecule has 1 fully saturated rings. The zero-order valence-electron chi connectivity index (χ0n) is 22.5. The highest BCUT2D eigenvalue weighted by Crippen LogP contribution is 2.56. The summed E-state index contributed by atoms with van der Waals surface area (Å²) in [4.78, 5) is 55.6. The van der Waals surface area contributed by atoms with Gasteiger partial charge < -0.3 is 14.9 Å². The molecule has 4 unspecified atom stereocenters. The number of fused-ring (bicyclic) bond motifs is 3. The molecule has 2 aromatic carbocycles. The highest BCUT2D eigenvalue weighted by Gasteiger charge is 2.56. The predicted octanol–water partition coefficient (Wildman–Crippen LogP) is 4.54. The van der Waals surface area contributed by atoms with Gasteiger partial charge in [-0.15, -0.1) is 0 Å². The monoisotopic (exact) mass is 617 g/mol. The molecular formula is C32H28BrNO7. The van der Waals surface area contributed by atoms with Crippen LogP contribution in [0.5, 0.6) is 17.2 Å². The average Bonchev–Trinajstić information content (AvgIpc) is 3.20. The molecule has 8 nitrogen and oxygen atoms in total. The van der Waals surface area contributed by atoms with Crippen molar-refractivity contribution in [2.75, 3.05) is 13.7 Å². The summed E-state index contributed by atoms with van der Waals surface area (Å²) < 4.78 is 5.75. The van der Waals surface area contributed by atoms with Crippen LogP contribution in [0.4, 0.5) is 0 Å². The third kappa shape index (κ3) is 4.34. The van der Waals surface area contributed by atoms with E-state index in [1.54, 1.807) is 43.3 Å². The highest BCUT2D eigenvalue weighted by atomic mass is 79.9. The number of nitrogens with zero attached hydrogens (tertiary/aromatic N) is 1. The van der Waals surface area contributed by atoms with Gasteiger partial charge in [-0.05, 0) is 89.5 Å². The number of methoxy groups -OCH3 is 1. The molecule has 6 rings (SSSR count). The molecule has 0 spiro atoms. The first-order valence-corrected chi connectivity index (χ1v) is 14.3. The van der Waals surface area contributed by atoms with Crippen molar-refractivity contribution < 1.29 is 34.1 Å². The van der Waals surface area contributed by atoms with Gasteiger partial charge >= 0.3 is 0 Å². The maximum Gasteiger partial charge on any atom is 0.233 e. The van der Waals surface area contributed by atoms with Gasteiger partial charge in [0.1, 0.15) is 5.75 Å². The summed E-state index contributed by atoms with van der Waals surface area (Å²) >= 11 is 3.38. The molecule has 9 heteroatoms. The molecule has 0 saturated carbocycles. The number of Topliss-reactive ketones (excluding diaryl/α,β-unsaturated/α-hetero) is 1. The number of allylic oxidation sites excluding steroid dienone is 6. The number of hydrogen-bond donors (Lipinski definition) is 2. The van der Waals surface area contributed by atoms with Crippen molar-refractivity contribution >= 4 is 39.3 Å². The van der Waals surface area contributed by atoms with Crippen LogP contribution >= 0.6 is 15.9 Å². The Labute approximate surface area is 245 Å². The molecule has 1 heterocycles. The zero-order chi connectivity index (χ0) is 29.2. The topological polar surface area (TPSA) is 121 Å². The number of amides is 2. The minimum atomic E-state index is -0.643. The first kappa shape index (κ1) is 27.2. The molecule has 210 valence electrons. The molecule has 4 atom stereocenters. The Morgan fingerprint density at radius 1 is 1.02 bits per heavy atom. The van der Waals surface area contributed by atoms with E-state index in [1.807, 2.05) is 6.08 Å². The maximum absolute atomic E-state index is 13.9. The van der Waals surface area contributed by atoms with Gasteiger partial charge in [0.25, 0.3) is 0 Å². The van der Waals surface area contributed by atoms with E-state index in [-0.39, 0.29) is 53.6 Å². The smallest absolute Gasteiger partial charge is 0.233 e. The van der Waals surface area contributed by atoms with Crippen LogP contribution < -0.4 is 4.74 Å². The van der Waals surface area contributed by atoms with Gasteiger partial charge in [0.15, 0.2) is 23.1 Å². The molecule has 2 aromatic rings.